The smallest absolute Gasteiger partial charge is 0.258 e. The lowest BCUT2D eigenvalue weighted by molar-refractivity contribution is 0.304. The van der Waals surface area contributed by atoms with Gasteiger partial charge < -0.3 is 9.64 Å². The van der Waals surface area contributed by atoms with E-state index in [1.807, 2.05) is 29.1 Å². The van der Waals surface area contributed by atoms with E-state index in [0.29, 0.717) is 11.3 Å². The first-order valence-electron chi connectivity index (χ1n) is 11.0. The van der Waals surface area contributed by atoms with E-state index in [2.05, 4.69) is 10.00 Å². The third-order valence-electron chi connectivity index (χ3n) is 6.01. The predicted molar refractivity (Wildman–Crippen MR) is 129 cm³/mol. The Kier molecular flexibility index (Phi) is 7.29. The summed E-state index contributed by atoms with van der Waals surface area (Å²) in [6, 6.07) is 12.5. The van der Waals surface area contributed by atoms with Crippen LogP contribution in [0.25, 0.3) is 16.6 Å². The molecule has 1 saturated heterocycles. The van der Waals surface area contributed by atoms with Crippen LogP contribution < -0.4 is 10.3 Å². The van der Waals surface area contributed by atoms with Crippen molar-refractivity contribution in [2.45, 2.75) is 26.0 Å². The average molecular weight is 487 g/mol. The van der Waals surface area contributed by atoms with Crippen LogP contribution >= 0.6 is 12.4 Å². The number of nitrogens with zero attached hydrogens (tertiary/aromatic N) is 4. The highest BCUT2D eigenvalue weighted by atomic mass is 35.5. The zero-order chi connectivity index (χ0) is 22.8. The molecule has 0 atom stereocenters. The lowest BCUT2D eigenvalue weighted by Crippen LogP contribution is -2.24. The number of halogens is 3. The summed E-state index contributed by atoms with van der Waals surface area (Å²) in [6.07, 6.45) is 6.01. The summed E-state index contributed by atoms with van der Waals surface area (Å²) in [7, 11) is 0. The summed E-state index contributed by atoms with van der Waals surface area (Å²) in [5.41, 5.74) is 2.00. The summed E-state index contributed by atoms with van der Waals surface area (Å²) < 4.78 is 35.5. The number of hydrogen-bond donors (Lipinski definition) is 0. The highest BCUT2D eigenvalue weighted by Crippen LogP contribution is 2.19. The van der Waals surface area contributed by atoms with Crippen LogP contribution in [0.15, 0.2) is 65.7 Å². The molecule has 3 heterocycles. The van der Waals surface area contributed by atoms with Gasteiger partial charge in [-0.25, -0.2) is 8.78 Å². The summed E-state index contributed by atoms with van der Waals surface area (Å²) in [4.78, 5) is 15.1. The Morgan fingerprint density at radius 2 is 1.76 bits per heavy atom. The number of aromatic nitrogens is 3. The van der Waals surface area contributed by atoms with E-state index in [0.717, 1.165) is 54.9 Å². The molecule has 2 aromatic carbocycles. The van der Waals surface area contributed by atoms with E-state index in [4.69, 9.17) is 4.74 Å². The second-order valence-electron chi connectivity index (χ2n) is 8.27. The number of hydrogen-bond acceptors (Lipinski definition) is 4. The SMILES string of the molecule is Cl.O=c1cc(OCc2ccc(F)c(F)c2)ccn1-c1ccc2c(cnn2CCN2CCCC2)c1. The molecule has 0 spiro atoms. The number of pyridine rings is 1. The zero-order valence-electron chi connectivity index (χ0n) is 18.5. The lowest BCUT2D eigenvalue weighted by atomic mass is 10.2. The van der Waals surface area contributed by atoms with Gasteiger partial charge in [0, 0.05) is 29.9 Å². The zero-order valence-corrected chi connectivity index (χ0v) is 19.3. The van der Waals surface area contributed by atoms with Crippen molar-refractivity contribution in [3.63, 3.8) is 0 Å². The van der Waals surface area contributed by atoms with E-state index in [1.54, 1.807) is 12.3 Å². The minimum absolute atomic E-state index is 0. The second-order valence-corrected chi connectivity index (χ2v) is 8.27. The highest BCUT2D eigenvalue weighted by Gasteiger charge is 2.12. The molecule has 1 fully saturated rings. The van der Waals surface area contributed by atoms with Gasteiger partial charge in [-0.1, -0.05) is 6.07 Å². The number of rotatable bonds is 7. The normalized spacial score (nSPS) is 13.8. The minimum Gasteiger partial charge on any atom is -0.489 e. The lowest BCUT2D eigenvalue weighted by Gasteiger charge is -2.14. The summed E-state index contributed by atoms with van der Waals surface area (Å²) >= 11 is 0. The van der Waals surface area contributed by atoms with Gasteiger partial charge in [0.1, 0.15) is 12.4 Å². The van der Waals surface area contributed by atoms with Crippen molar-refractivity contribution in [1.29, 1.82) is 0 Å². The largest absolute Gasteiger partial charge is 0.489 e. The molecule has 4 aromatic rings. The van der Waals surface area contributed by atoms with Crippen LogP contribution in [0.5, 0.6) is 5.75 Å². The van der Waals surface area contributed by atoms with Crippen molar-refractivity contribution in [2.75, 3.05) is 19.6 Å². The number of fused-ring (bicyclic) bond motifs is 1. The fourth-order valence-corrected chi connectivity index (χ4v) is 4.20. The van der Waals surface area contributed by atoms with E-state index in [1.165, 1.54) is 29.5 Å². The van der Waals surface area contributed by atoms with Crippen molar-refractivity contribution in [3.8, 4) is 11.4 Å². The third-order valence-corrected chi connectivity index (χ3v) is 6.01. The van der Waals surface area contributed by atoms with Gasteiger partial charge >= 0.3 is 0 Å². The standard InChI is InChI=1S/C25H24F2N4O2.ClH/c26-22-5-3-18(13-23(22)27)17-33-21-7-10-30(25(32)15-21)20-4-6-24-19(14-20)16-28-31(24)12-11-29-8-1-2-9-29;/h3-7,10,13-16H,1-2,8-9,11-12,17H2;1H. The molecule has 6 nitrogen and oxygen atoms in total. The van der Waals surface area contributed by atoms with Crippen LogP contribution in [0.1, 0.15) is 18.4 Å². The minimum atomic E-state index is -0.929. The Morgan fingerprint density at radius 3 is 2.53 bits per heavy atom. The van der Waals surface area contributed by atoms with E-state index >= 15 is 0 Å². The Morgan fingerprint density at radius 1 is 0.941 bits per heavy atom. The summed E-state index contributed by atoms with van der Waals surface area (Å²) in [5, 5.41) is 5.50. The van der Waals surface area contributed by atoms with Gasteiger partial charge in [0.25, 0.3) is 5.56 Å². The van der Waals surface area contributed by atoms with Gasteiger partial charge in [-0.15, -0.1) is 12.4 Å². The van der Waals surface area contributed by atoms with E-state index < -0.39 is 11.6 Å². The average Bonchev–Trinajstić information content (AvgIpc) is 3.48. The Balaban J connectivity index is 0.00000274. The molecule has 2 aromatic heterocycles. The Bertz CT molecular complexity index is 1350. The summed E-state index contributed by atoms with van der Waals surface area (Å²) in [6.45, 7) is 4.18. The van der Waals surface area contributed by atoms with Gasteiger partial charge in [-0.2, -0.15) is 5.10 Å². The molecular weight excluding hydrogens is 462 g/mol. The third kappa shape index (κ3) is 5.13. The van der Waals surface area contributed by atoms with Crippen LogP contribution in [0.3, 0.4) is 0 Å². The quantitative estimate of drug-likeness (QED) is 0.384. The number of likely N-dealkylation sites (tertiary alicyclic amines) is 1. The van der Waals surface area contributed by atoms with Crippen molar-refractivity contribution >= 4 is 23.3 Å². The molecule has 0 bridgehead atoms. The van der Waals surface area contributed by atoms with Gasteiger partial charge in [0.15, 0.2) is 11.6 Å². The van der Waals surface area contributed by atoms with Crippen LogP contribution in [-0.2, 0) is 13.2 Å². The fraction of sp³-hybridized carbons (Fsp3) is 0.280. The van der Waals surface area contributed by atoms with Crippen LogP contribution in [0, 0.1) is 11.6 Å². The Hall–Kier alpha value is -3.23. The molecule has 9 heteroatoms. The molecule has 0 saturated carbocycles. The molecule has 0 aliphatic carbocycles. The van der Waals surface area contributed by atoms with Gasteiger partial charge in [-0.05, 0) is 67.9 Å². The predicted octanol–water partition coefficient (Wildman–Crippen LogP) is 4.56. The first-order chi connectivity index (χ1) is 16.1. The maximum absolute atomic E-state index is 13.3. The molecule has 1 aliphatic rings. The molecule has 0 radical (unpaired) electrons. The monoisotopic (exact) mass is 486 g/mol. The molecule has 0 amide bonds. The van der Waals surface area contributed by atoms with Gasteiger partial charge in [-0.3, -0.25) is 14.0 Å². The number of benzene rings is 2. The Labute approximate surface area is 201 Å². The van der Waals surface area contributed by atoms with Crippen LogP contribution in [0.4, 0.5) is 8.78 Å². The highest BCUT2D eigenvalue weighted by molar-refractivity contribution is 5.85. The topological polar surface area (TPSA) is 52.3 Å². The van der Waals surface area contributed by atoms with Crippen LogP contribution in [-0.4, -0.2) is 38.9 Å². The van der Waals surface area contributed by atoms with Crippen molar-refractivity contribution in [2.24, 2.45) is 0 Å². The molecule has 1 aliphatic heterocycles. The van der Waals surface area contributed by atoms with Crippen molar-refractivity contribution < 1.29 is 13.5 Å². The van der Waals surface area contributed by atoms with E-state index in [-0.39, 0.29) is 24.6 Å². The van der Waals surface area contributed by atoms with Crippen molar-refractivity contribution in [3.05, 3.63) is 88.5 Å². The maximum atomic E-state index is 13.3. The fourth-order valence-electron chi connectivity index (χ4n) is 4.20. The number of ether oxygens (including phenoxy) is 1. The molecule has 178 valence electrons. The second kappa shape index (κ2) is 10.4. The molecule has 34 heavy (non-hydrogen) atoms. The molecular formula is C25H25ClF2N4O2. The van der Waals surface area contributed by atoms with E-state index in [9.17, 15) is 13.6 Å². The first kappa shape index (κ1) is 23.9. The first-order valence-corrected chi connectivity index (χ1v) is 11.0. The molecule has 0 unspecified atom stereocenters. The maximum Gasteiger partial charge on any atom is 0.258 e. The molecule has 0 N–H and O–H groups in total. The van der Waals surface area contributed by atoms with Gasteiger partial charge in [0.2, 0.25) is 0 Å². The molecule has 5 rings (SSSR count). The van der Waals surface area contributed by atoms with Crippen LogP contribution in [0.2, 0.25) is 0 Å². The summed E-state index contributed by atoms with van der Waals surface area (Å²) in [5.74, 6) is -1.48. The van der Waals surface area contributed by atoms with Gasteiger partial charge in [0.05, 0.1) is 18.3 Å². The van der Waals surface area contributed by atoms with Crippen molar-refractivity contribution in [1.82, 2.24) is 19.2 Å².